The maximum atomic E-state index is 13.3. The predicted octanol–water partition coefficient (Wildman–Crippen LogP) is 4.64. The molecule has 0 aliphatic rings. The van der Waals surface area contributed by atoms with E-state index in [1.807, 2.05) is 6.92 Å². The van der Waals surface area contributed by atoms with Gasteiger partial charge in [0.15, 0.2) is 22.9 Å². The second kappa shape index (κ2) is 7.93. The van der Waals surface area contributed by atoms with Gasteiger partial charge in [0.1, 0.15) is 4.88 Å². The molecule has 0 saturated carbocycles. The first-order valence-corrected chi connectivity index (χ1v) is 9.52. The second-order valence-electron chi connectivity index (χ2n) is 5.61. The molecule has 2 aromatic heterocycles. The lowest BCUT2D eigenvalue weighted by Gasteiger charge is -2.11. The van der Waals surface area contributed by atoms with E-state index in [9.17, 15) is 18.4 Å². The quantitative estimate of drug-likeness (QED) is 0.625. The van der Waals surface area contributed by atoms with Crippen molar-refractivity contribution in [3.05, 3.63) is 57.1 Å². The Hall–Kier alpha value is -2.65. The van der Waals surface area contributed by atoms with E-state index in [1.54, 1.807) is 17.5 Å². The minimum Gasteiger partial charge on any atom is -0.448 e. The summed E-state index contributed by atoms with van der Waals surface area (Å²) in [6, 6.07) is 6.87. The van der Waals surface area contributed by atoms with Crippen LogP contribution in [0.2, 0.25) is 0 Å². The molecule has 0 saturated heterocycles. The number of nitrogens with zero attached hydrogens (tertiary/aromatic N) is 1. The van der Waals surface area contributed by atoms with Crippen LogP contribution in [0.4, 0.5) is 13.9 Å². The molecule has 0 spiro atoms. The molecule has 3 rings (SSSR count). The van der Waals surface area contributed by atoms with E-state index in [2.05, 4.69) is 10.3 Å². The van der Waals surface area contributed by atoms with Gasteiger partial charge >= 0.3 is 5.97 Å². The SMILES string of the molecule is Cc1ccc(C(=O)O[C@@H](C)C(=O)Nc2nc(-c3ccc(F)c(F)c3)cs2)s1. The summed E-state index contributed by atoms with van der Waals surface area (Å²) in [7, 11) is 0. The molecule has 3 aromatic rings. The van der Waals surface area contributed by atoms with Gasteiger partial charge in [-0.15, -0.1) is 22.7 Å². The number of ether oxygens (including phenoxy) is 1. The molecule has 140 valence electrons. The van der Waals surface area contributed by atoms with Gasteiger partial charge in [-0.25, -0.2) is 18.6 Å². The molecule has 0 bridgehead atoms. The average molecular weight is 408 g/mol. The Morgan fingerprint density at radius 1 is 1.19 bits per heavy atom. The fourth-order valence-corrected chi connectivity index (χ4v) is 3.62. The molecule has 2 heterocycles. The molecular formula is C18H14F2N2O3S2. The lowest BCUT2D eigenvalue weighted by molar-refractivity contribution is -0.123. The van der Waals surface area contributed by atoms with E-state index in [0.717, 1.165) is 28.3 Å². The molecule has 9 heteroatoms. The molecule has 1 atom stereocenters. The van der Waals surface area contributed by atoms with Crippen LogP contribution in [0.25, 0.3) is 11.3 Å². The molecule has 5 nitrogen and oxygen atoms in total. The summed E-state index contributed by atoms with van der Waals surface area (Å²) in [5.41, 5.74) is 0.783. The number of aryl methyl sites for hydroxylation is 1. The molecule has 1 amide bonds. The number of rotatable bonds is 5. The summed E-state index contributed by atoms with van der Waals surface area (Å²) in [6.45, 7) is 3.32. The number of thiazole rings is 1. The third-order valence-electron chi connectivity index (χ3n) is 3.54. The average Bonchev–Trinajstić information content (AvgIpc) is 3.26. The van der Waals surface area contributed by atoms with E-state index in [0.29, 0.717) is 16.1 Å². The van der Waals surface area contributed by atoms with Crippen molar-refractivity contribution in [2.45, 2.75) is 20.0 Å². The second-order valence-corrected chi connectivity index (χ2v) is 7.76. The van der Waals surface area contributed by atoms with Crippen molar-refractivity contribution in [1.82, 2.24) is 4.98 Å². The number of benzene rings is 1. The van der Waals surface area contributed by atoms with Crippen LogP contribution in [0.5, 0.6) is 0 Å². The van der Waals surface area contributed by atoms with E-state index in [-0.39, 0.29) is 5.13 Å². The van der Waals surface area contributed by atoms with E-state index in [1.165, 1.54) is 24.3 Å². The molecular weight excluding hydrogens is 394 g/mol. The summed E-state index contributed by atoms with van der Waals surface area (Å²) in [6.07, 6.45) is -1.02. The van der Waals surface area contributed by atoms with Gasteiger partial charge < -0.3 is 4.74 Å². The number of halogens is 2. The number of anilines is 1. The van der Waals surface area contributed by atoms with Gasteiger partial charge in [0, 0.05) is 15.8 Å². The van der Waals surface area contributed by atoms with Crippen molar-refractivity contribution in [1.29, 1.82) is 0 Å². The third-order valence-corrected chi connectivity index (χ3v) is 5.28. The number of hydrogen-bond donors (Lipinski definition) is 1. The zero-order valence-electron chi connectivity index (χ0n) is 14.3. The van der Waals surface area contributed by atoms with Crippen molar-refractivity contribution >= 4 is 39.7 Å². The molecule has 1 aromatic carbocycles. The van der Waals surface area contributed by atoms with Gasteiger partial charge in [-0.2, -0.15) is 0 Å². The monoisotopic (exact) mass is 408 g/mol. The Morgan fingerprint density at radius 2 is 1.96 bits per heavy atom. The minimum atomic E-state index is -1.02. The first-order valence-electron chi connectivity index (χ1n) is 7.82. The Labute approximate surface area is 161 Å². The highest BCUT2D eigenvalue weighted by molar-refractivity contribution is 7.14. The smallest absolute Gasteiger partial charge is 0.349 e. The van der Waals surface area contributed by atoms with Crippen molar-refractivity contribution in [3.8, 4) is 11.3 Å². The van der Waals surface area contributed by atoms with Gasteiger partial charge in [0.05, 0.1) is 5.69 Å². The number of aromatic nitrogens is 1. The largest absolute Gasteiger partial charge is 0.448 e. The topological polar surface area (TPSA) is 68.3 Å². The standard InChI is InChI=1S/C18H14F2N2O3S2/c1-9-3-6-15(27-9)17(24)25-10(2)16(23)22-18-21-14(8-26-18)11-4-5-12(19)13(20)7-11/h3-8,10H,1-2H3,(H,21,22,23)/t10-/m0/s1. The molecule has 0 radical (unpaired) electrons. The summed E-state index contributed by atoms with van der Waals surface area (Å²) in [4.78, 5) is 29.8. The number of nitrogens with one attached hydrogen (secondary N) is 1. The van der Waals surface area contributed by atoms with Crippen LogP contribution in [-0.2, 0) is 9.53 Å². The van der Waals surface area contributed by atoms with Gasteiger partial charge in [-0.05, 0) is 44.2 Å². The number of thiophene rings is 1. The molecule has 0 aliphatic heterocycles. The maximum absolute atomic E-state index is 13.3. The van der Waals surface area contributed by atoms with Crippen LogP contribution in [0.1, 0.15) is 21.5 Å². The summed E-state index contributed by atoms with van der Waals surface area (Å²) >= 11 is 2.40. The van der Waals surface area contributed by atoms with Crippen molar-refractivity contribution < 1.29 is 23.1 Å². The zero-order valence-corrected chi connectivity index (χ0v) is 15.9. The number of hydrogen-bond acceptors (Lipinski definition) is 6. The van der Waals surface area contributed by atoms with Crippen molar-refractivity contribution in [2.24, 2.45) is 0 Å². The number of amides is 1. The number of carbonyl (C=O) groups excluding carboxylic acids is 2. The van der Waals surface area contributed by atoms with E-state index >= 15 is 0 Å². The zero-order chi connectivity index (χ0) is 19.6. The van der Waals surface area contributed by atoms with Crippen molar-refractivity contribution in [3.63, 3.8) is 0 Å². The summed E-state index contributed by atoms with van der Waals surface area (Å²) < 4.78 is 31.5. The Balaban J connectivity index is 1.63. The first kappa shape index (κ1) is 19.1. The van der Waals surface area contributed by atoms with Crippen LogP contribution in [0, 0.1) is 18.6 Å². The highest BCUT2D eigenvalue weighted by Gasteiger charge is 2.21. The van der Waals surface area contributed by atoms with Gasteiger partial charge in [-0.1, -0.05) is 0 Å². The molecule has 1 N–H and O–H groups in total. The molecule has 0 aliphatic carbocycles. The predicted molar refractivity (Wildman–Crippen MR) is 100 cm³/mol. The Bertz CT molecular complexity index is 1000. The van der Waals surface area contributed by atoms with Gasteiger partial charge in [0.2, 0.25) is 0 Å². The normalized spacial score (nSPS) is 11.9. The van der Waals surface area contributed by atoms with Crippen LogP contribution < -0.4 is 5.32 Å². The fraction of sp³-hybridized carbons (Fsp3) is 0.167. The lowest BCUT2D eigenvalue weighted by atomic mass is 10.2. The highest BCUT2D eigenvalue weighted by atomic mass is 32.1. The third kappa shape index (κ3) is 4.55. The summed E-state index contributed by atoms with van der Waals surface area (Å²) in [5, 5.41) is 4.41. The van der Waals surface area contributed by atoms with E-state index < -0.39 is 29.6 Å². The van der Waals surface area contributed by atoms with Gasteiger partial charge in [0.25, 0.3) is 5.91 Å². The molecule has 0 unspecified atom stereocenters. The summed E-state index contributed by atoms with van der Waals surface area (Å²) in [5.74, 6) is -3.03. The van der Waals surface area contributed by atoms with Gasteiger partial charge in [-0.3, -0.25) is 10.1 Å². The number of carbonyl (C=O) groups is 2. The minimum absolute atomic E-state index is 0.259. The van der Waals surface area contributed by atoms with Crippen LogP contribution >= 0.6 is 22.7 Å². The van der Waals surface area contributed by atoms with E-state index in [4.69, 9.17) is 4.74 Å². The number of esters is 1. The molecule has 0 fully saturated rings. The van der Waals surface area contributed by atoms with Crippen molar-refractivity contribution in [2.75, 3.05) is 5.32 Å². The van der Waals surface area contributed by atoms with Crippen LogP contribution in [-0.4, -0.2) is 23.0 Å². The highest BCUT2D eigenvalue weighted by Crippen LogP contribution is 2.26. The maximum Gasteiger partial charge on any atom is 0.349 e. The van der Waals surface area contributed by atoms with Crippen LogP contribution in [0.3, 0.4) is 0 Å². The van der Waals surface area contributed by atoms with Crippen LogP contribution in [0.15, 0.2) is 35.7 Å². The molecule has 27 heavy (non-hydrogen) atoms. The lowest BCUT2D eigenvalue weighted by Crippen LogP contribution is -2.29. The first-order chi connectivity index (χ1) is 12.8. The fourth-order valence-electron chi connectivity index (χ4n) is 2.14. The Morgan fingerprint density at radius 3 is 2.63 bits per heavy atom. The Kier molecular flexibility index (Phi) is 5.62.